The normalized spacial score (nSPS) is 11.1. The van der Waals surface area contributed by atoms with E-state index in [2.05, 4.69) is 76.8 Å². The standard InChI is InChI=1S/C15H15N3.C15H13N3/c2*1-3-10-7-12-11-5-4-9(2)6-13(11)18-15(16)14(12)17-8-10/h4-8H,3H2,1-2H3,(H2,16,18);3-8H,1H2,2H3,(H2,16,18). The van der Waals surface area contributed by atoms with Gasteiger partial charge in [0.25, 0.3) is 0 Å². The molecule has 0 amide bonds. The Hall–Kier alpha value is -4.58. The minimum Gasteiger partial charge on any atom is -0.382 e. The van der Waals surface area contributed by atoms with Crippen LogP contribution in [-0.2, 0) is 6.42 Å². The molecule has 4 N–H and O–H groups in total. The molecule has 0 aliphatic heterocycles. The van der Waals surface area contributed by atoms with Crippen LogP contribution in [0.25, 0.3) is 49.7 Å². The van der Waals surface area contributed by atoms with E-state index >= 15 is 0 Å². The zero-order valence-electron chi connectivity index (χ0n) is 20.7. The Bertz CT molecular complexity index is 1790. The molecule has 0 bridgehead atoms. The predicted molar refractivity (Wildman–Crippen MR) is 152 cm³/mol. The first-order valence-corrected chi connectivity index (χ1v) is 11.9. The third-order valence-corrected chi connectivity index (χ3v) is 6.35. The third kappa shape index (κ3) is 4.18. The molecule has 0 fully saturated rings. The number of aryl methyl sites for hydroxylation is 3. The number of hydrogen-bond donors (Lipinski definition) is 2. The van der Waals surface area contributed by atoms with Crippen molar-refractivity contribution in [3.8, 4) is 0 Å². The number of pyridine rings is 4. The lowest BCUT2D eigenvalue weighted by Gasteiger charge is -2.07. The van der Waals surface area contributed by atoms with E-state index in [4.69, 9.17) is 11.5 Å². The van der Waals surface area contributed by atoms with Gasteiger partial charge in [-0.05, 0) is 66.8 Å². The van der Waals surface area contributed by atoms with Crippen LogP contribution in [-0.4, -0.2) is 19.9 Å². The lowest BCUT2D eigenvalue weighted by Crippen LogP contribution is -1.96. The molecular formula is C30H28N6. The van der Waals surface area contributed by atoms with E-state index < -0.39 is 0 Å². The molecule has 0 saturated carbocycles. The highest BCUT2D eigenvalue weighted by atomic mass is 14.9. The van der Waals surface area contributed by atoms with E-state index in [-0.39, 0.29) is 0 Å². The maximum atomic E-state index is 5.99. The van der Waals surface area contributed by atoms with Crippen LogP contribution in [0.2, 0.25) is 0 Å². The summed E-state index contributed by atoms with van der Waals surface area (Å²) in [5.74, 6) is 0.976. The summed E-state index contributed by atoms with van der Waals surface area (Å²) in [6.07, 6.45) is 6.38. The number of nitrogens with zero attached hydrogens (tertiary/aromatic N) is 4. The quantitative estimate of drug-likeness (QED) is 0.277. The van der Waals surface area contributed by atoms with Crippen LogP contribution in [0.4, 0.5) is 11.6 Å². The van der Waals surface area contributed by atoms with Crippen molar-refractivity contribution in [3.05, 3.63) is 89.8 Å². The Morgan fingerprint density at radius 1 is 0.722 bits per heavy atom. The average molecular weight is 473 g/mol. The second-order valence-corrected chi connectivity index (χ2v) is 9.00. The number of rotatable bonds is 2. The summed E-state index contributed by atoms with van der Waals surface area (Å²) in [6.45, 7) is 9.99. The van der Waals surface area contributed by atoms with Gasteiger partial charge in [0.1, 0.15) is 11.0 Å². The van der Waals surface area contributed by atoms with Gasteiger partial charge in [-0.2, -0.15) is 0 Å². The first kappa shape index (κ1) is 23.2. The monoisotopic (exact) mass is 472 g/mol. The van der Waals surface area contributed by atoms with Crippen molar-refractivity contribution in [1.82, 2.24) is 19.9 Å². The Labute approximate surface area is 209 Å². The lowest BCUT2D eigenvalue weighted by molar-refractivity contribution is 1.12. The van der Waals surface area contributed by atoms with Gasteiger partial charge < -0.3 is 11.5 Å². The first-order chi connectivity index (χ1) is 17.4. The number of aromatic nitrogens is 4. The maximum Gasteiger partial charge on any atom is 0.150 e. The van der Waals surface area contributed by atoms with Crippen LogP contribution in [0.1, 0.15) is 29.2 Å². The summed E-state index contributed by atoms with van der Waals surface area (Å²) >= 11 is 0. The number of nitrogen functional groups attached to an aromatic ring is 2. The van der Waals surface area contributed by atoms with Crippen molar-refractivity contribution >= 4 is 61.3 Å². The summed E-state index contributed by atoms with van der Waals surface area (Å²) in [4.78, 5) is 17.6. The summed E-state index contributed by atoms with van der Waals surface area (Å²) in [5, 5.41) is 4.31. The molecule has 0 saturated heterocycles. The summed E-state index contributed by atoms with van der Waals surface area (Å²) in [7, 11) is 0. The minimum atomic E-state index is 0.471. The Balaban J connectivity index is 0.000000148. The third-order valence-electron chi connectivity index (χ3n) is 6.35. The number of benzene rings is 2. The molecule has 6 rings (SSSR count). The van der Waals surface area contributed by atoms with Crippen LogP contribution in [0, 0.1) is 13.8 Å². The molecule has 0 radical (unpaired) electrons. The summed E-state index contributed by atoms with van der Waals surface area (Å²) in [5.41, 5.74) is 19.9. The fourth-order valence-electron chi connectivity index (χ4n) is 4.40. The highest BCUT2D eigenvalue weighted by molar-refractivity contribution is 6.09. The van der Waals surface area contributed by atoms with Gasteiger partial charge in [-0.1, -0.05) is 43.8 Å². The fraction of sp³-hybridized carbons (Fsp3) is 0.133. The fourth-order valence-corrected chi connectivity index (χ4v) is 4.40. The van der Waals surface area contributed by atoms with Crippen molar-refractivity contribution in [3.63, 3.8) is 0 Å². The molecule has 0 atom stereocenters. The van der Waals surface area contributed by atoms with Crippen LogP contribution in [0.5, 0.6) is 0 Å². The van der Waals surface area contributed by atoms with Gasteiger partial charge in [-0.15, -0.1) is 0 Å². The lowest BCUT2D eigenvalue weighted by atomic mass is 10.1. The molecule has 4 aromatic heterocycles. The highest BCUT2D eigenvalue weighted by Gasteiger charge is 2.09. The highest BCUT2D eigenvalue weighted by Crippen LogP contribution is 2.29. The number of fused-ring (bicyclic) bond motifs is 6. The molecule has 178 valence electrons. The molecule has 2 aromatic carbocycles. The van der Waals surface area contributed by atoms with Gasteiger partial charge in [0, 0.05) is 33.9 Å². The first-order valence-electron chi connectivity index (χ1n) is 11.9. The van der Waals surface area contributed by atoms with E-state index in [9.17, 15) is 0 Å². The van der Waals surface area contributed by atoms with E-state index in [0.29, 0.717) is 11.6 Å². The summed E-state index contributed by atoms with van der Waals surface area (Å²) < 4.78 is 0. The minimum absolute atomic E-state index is 0.471. The molecule has 0 aliphatic rings. The van der Waals surface area contributed by atoms with E-state index in [1.54, 1.807) is 12.3 Å². The van der Waals surface area contributed by atoms with Crippen molar-refractivity contribution in [1.29, 1.82) is 0 Å². The molecular weight excluding hydrogens is 444 g/mol. The van der Waals surface area contributed by atoms with Crippen LogP contribution >= 0.6 is 0 Å². The number of nitrogens with two attached hydrogens (primary N) is 2. The topological polar surface area (TPSA) is 104 Å². The zero-order chi connectivity index (χ0) is 25.4. The van der Waals surface area contributed by atoms with Crippen molar-refractivity contribution < 1.29 is 0 Å². The molecule has 6 nitrogen and oxygen atoms in total. The van der Waals surface area contributed by atoms with Crippen LogP contribution in [0.15, 0.2) is 67.5 Å². The summed E-state index contributed by atoms with van der Waals surface area (Å²) in [6, 6.07) is 16.6. The number of anilines is 2. The van der Waals surface area contributed by atoms with Gasteiger partial charge in [0.15, 0.2) is 11.6 Å². The van der Waals surface area contributed by atoms with Crippen molar-refractivity contribution in [2.45, 2.75) is 27.2 Å². The van der Waals surface area contributed by atoms with Gasteiger partial charge in [0.2, 0.25) is 0 Å². The SMILES string of the molecule is C=Cc1cnc2c(N)nc3cc(C)ccc3c2c1.CCc1cnc2c(N)nc3cc(C)ccc3c2c1. The van der Waals surface area contributed by atoms with Crippen LogP contribution in [0.3, 0.4) is 0 Å². The van der Waals surface area contributed by atoms with E-state index in [1.807, 2.05) is 25.3 Å². The molecule has 0 unspecified atom stereocenters. The van der Waals surface area contributed by atoms with Gasteiger partial charge in [-0.25, -0.2) is 9.97 Å². The largest absolute Gasteiger partial charge is 0.382 e. The number of hydrogen-bond acceptors (Lipinski definition) is 6. The molecule has 4 heterocycles. The zero-order valence-corrected chi connectivity index (χ0v) is 20.7. The molecule has 36 heavy (non-hydrogen) atoms. The smallest absolute Gasteiger partial charge is 0.150 e. The molecule has 0 spiro atoms. The molecule has 6 heteroatoms. The second-order valence-electron chi connectivity index (χ2n) is 9.00. The second kappa shape index (κ2) is 9.23. The van der Waals surface area contributed by atoms with Crippen LogP contribution < -0.4 is 11.5 Å². The molecule has 0 aliphatic carbocycles. The van der Waals surface area contributed by atoms with E-state index in [0.717, 1.165) is 55.6 Å². The average Bonchev–Trinajstić information content (AvgIpc) is 2.88. The van der Waals surface area contributed by atoms with Crippen molar-refractivity contribution in [2.24, 2.45) is 0 Å². The predicted octanol–water partition coefficient (Wildman–Crippen LogP) is 6.55. The maximum absolute atomic E-state index is 5.99. The Morgan fingerprint density at radius 3 is 1.78 bits per heavy atom. The van der Waals surface area contributed by atoms with E-state index in [1.165, 1.54) is 16.7 Å². The Morgan fingerprint density at radius 2 is 1.25 bits per heavy atom. The van der Waals surface area contributed by atoms with Gasteiger partial charge in [0.05, 0.1) is 11.0 Å². The van der Waals surface area contributed by atoms with Crippen molar-refractivity contribution in [2.75, 3.05) is 11.5 Å². The Kier molecular flexibility index (Phi) is 5.94. The van der Waals surface area contributed by atoms with Gasteiger partial charge >= 0.3 is 0 Å². The van der Waals surface area contributed by atoms with Gasteiger partial charge in [-0.3, -0.25) is 9.97 Å². The molecule has 6 aromatic rings.